The number of nitrogens with zero attached hydrogens (tertiary/aromatic N) is 3. The second kappa shape index (κ2) is 7.08. The maximum atomic E-state index is 4.57. The Hall–Kier alpha value is -3.01. The van der Waals surface area contributed by atoms with Crippen LogP contribution in [0.25, 0.3) is 16.8 Å². The molecule has 1 aliphatic rings. The van der Waals surface area contributed by atoms with Gasteiger partial charge in [-0.3, -0.25) is 4.57 Å². The van der Waals surface area contributed by atoms with E-state index in [9.17, 15) is 0 Å². The summed E-state index contributed by atoms with van der Waals surface area (Å²) in [4.78, 5) is 6.61. The van der Waals surface area contributed by atoms with Crippen LogP contribution in [0.4, 0.5) is 5.95 Å². The number of hydrogen-bond acceptors (Lipinski definition) is 2. The molecule has 0 amide bonds. The minimum Gasteiger partial charge on any atom is -0.363 e. The van der Waals surface area contributed by atoms with Crippen LogP contribution >= 0.6 is 0 Å². The summed E-state index contributed by atoms with van der Waals surface area (Å²) in [6.07, 6.45) is 9.92. The van der Waals surface area contributed by atoms with Crippen molar-refractivity contribution in [1.29, 1.82) is 0 Å². The molecule has 4 rings (SSSR count). The Morgan fingerprint density at radius 2 is 1.81 bits per heavy atom. The standard InChI is InChI=1S/C22H21BN3/c1-17(2)20-16-19(18-8-4-3-5-9-18)10-11-21(20)25-15-13-24-22(25)26-14-7-6-12-23-26/h3-17H,1-2H3. The largest absolute Gasteiger partial charge is 0.363 e. The molecule has 0 saturated carbocycles. The molecule has 0 unspecified atom stereocenters. The Labute approximate surface area is 155 Å². The molecule has 0 fully saturated rings. The summed E-state index contributed by atoms with van der Waals surface area (Å²) < 4.78 is 2.16. The summed E-state index contributed by atoms with van der Waals surface area (Å²) in [5, 5.41) is 0. The third-order valence-electron chi connectivity index (χ3n) is 4.58. The zero-order chi connectivity index (χ0) is 17.9. The Morgan fingerprint density at radius 1 is 0.962 bits per heavy atom. The number of allylic oxidation sites excluding steroid dienone is 2. The van der Waals surface area contributed by atoms with Gasteiger partial charge < -0.3 is 4.81 Å². The van der Waals surface area contributed by atoms with Crippen LogP contribution in [0.3, 0.4) is 0 Å². The summed E-state index contributed by atoms with van der Waals surface area (Å²) in [5.41, 5.74) is 4.96. The van der Waals surface area contributed by atoms with E-state index in [2.05, 4.69) is 71.9 Å². The van der Waals surface area contributed by atoms with Gasteiger partial charge in [-0.25, -0.2) is 4.98 Å². The van der Waals surface area contributed by atoms with E-state index >= 15 is 0 Å². The van der Waals surface area contributed by atoms with Gasteiger partial charge >= 0.3 is 0 Å². The fourth-order valence-electron chi connectivity index (χ4n) is 3.25. The highest BCUT2D eigenvalue weighted by molar-refractivity contribution is 6.48. The molecule has 1 aromatic heterocycles. The van der Waals surface area contributed by atoms with E-state index < -0.39 is 0 Å². The maximum Gasteiger partial charge on any atom is 0.286 e. The normalized spacial score (nSPS) is 13.3. The first-order chi connectivity index (χ1) is 12.7. The first-order valence-electron chi connectivity index (χ1n) is 8.94. The number of hydrogen-bond donors (Lipinski definition) is 0. The molecular weight excluding hydrogens is 317 g/mol. The molecule has 2 aromatic carbocycles. The SMILES string of the molecule is CC(C)c1cc(-c2ccccc2)ccc1-n1ccnc1N1[B]C=CC=C1. The Kier molecular flexibility index (Phi) is 4.49. The van der Waals surface area contributed by atoms with Gasteiger partial charge in [0.15, 0.2) is 0 Å². The van der Waals surface area contributed by atoms with Gasteiger partial charge in [0, 0.05) is 12.4 Å². The number of benzene rings is 2. The molecule has 0 bridgehead atoms. The molecule has 0 spiro atoms. The molecule has 4 heteroatoms. The minimum atomic E-state index is 0.407. The van der Waals surface area contributed by atoms with Crippen LogP contribution in [0.1, 0.15) is 25.3 Å². The monoisotopic (exact) mass is 338 g/mol. The lowest BCUT2D eigenvalue weighted by Gasteiger charge is -2.23. The van der Waals surface area contributed by atoms with Crippen LogP contribution in [0.15, 0.2) is 85.3 Å². The predicted molar refractivity (Wildman–Crippen MR) is 110 cm³/mol. The van der Waals surface area contributed by atoms with Crippen LogP contribution in [0.5, 0.6) is 0 Å². The van der Waals surface area contributed by atoms with Crippen LogP contribution < -0.4 is 4.81 Å². The zero-order valence-electron chi connectivity index (χ0n) is 15.1. The van der Waals surface area contributed by atoms with Crippen molar-refractivity contribution in [3.05, 3.63) is 90.8 Å². The fraction of sp³-hybridized carbons (Fsp3) is 0.136. The van der Waals surface area contributed by atoms with Crippen LogP contribution in [0, 0.1) is 0 Å². The molecule has 26 heavy (non-hydrogen) atoms. The van der Waals surface area contributed by atoms with Gasteiger partial charge in [-0.15, -0.1) is 0 Å². The van der Waals surface area contributed by atoms with E-state index in [1.807, 2.05) is 48.9 Å². The van der Waals surface area contributed by atoms with Gasteiger partial charge in [-0.05, 0) is 47.0 Å². The molecule has 0 N–H and O–H groups in total. The van der Waals surface area contributed by atoms with Crippen molar-refractivity contribution in [1.82, 2.24) is 9.55 Å². The van der Waals surface area contributed by atoms with E-state index in [4.69, 9.17) is 0 Å². The van der Waals surface area contributed by atoms with E-state index in [1.165, 1.54) is 22.4 Å². The molecule has 3 nitrogen and oxygen atoms in total. The van der Waals surface area contributed by atoms with E-state index in [0.717, 1.165) is 5.95 Å². The maximum absolute atomic E-state index is 4.57. The average Bonchev–Trinajstić information content (AvgIpc) is 3.18. The number of imidazole rings is 1. The van der Waals surface area contributed by atoms with Crippen molar-refractivity contribution >= 4 is 13.4 Å². The molecule has 3 aromatic rings. The second-order valence-corrected chi connectivity index (χ2v) is 6.67. The molecule has 2 heterocycles. The van der Waals surface area contributed by atoms with Gasteiger partial charge in [-0.1, -0.05) is 62.3 Å². The summed E-state index contributed by atoms with van der Waals surface area (Å²) in [7, 11) is 2.02. The van der Waals surface area contributed by atoms with Crippen molar-refractivity contribution < 1.29 is 0 Å². The molecule has 0 aliphatic carbocycles. The molecule has 0 atom stereocenters. The molecular formula is C22H21BN3. The highest BCUT2D eigenvalue weighted by atomic mass is 15.3. The van der Waals surface area contributed by atoms with Crippen molar-refractivity contribution in [2.75, 3.05) is 4.81 Å². The van der Waals surface area contributed by atoms with Gasteiger partial charge in [0.1, 0.15) is 0 Å². The first-order valence-corrected chi connectivity index (χ1v) is 8.94. The Morgan fingerprint density at radius 3 is 2.54 bits per heavy atom. The zero-order valence-corrected chi connectivity index (χ0v) is 15.1. The van der Waals surface area contributed by atoms with Crippen LogP contribution in [-0.2, 0) is 0 Å². The average molecular weight is 338 g/mol. The topological polar surface area (TPSA) is 21.1 Å². The van der Waals surface area contributed by atoms with Crippen LogP contribution in [0.2, 0.25) is 0 Å². The summed E-state index contributed by atoms with van der Waals surface area (Å²) >= 11 is 0. The van der Waals surface area contributed by atoms with Crippen molar-refractivity contribution in [2.45, 2.75) is 19.8 Å². The Bertz CT molecular complexity index is 955. The van der Waals surface area contributed by atoms with Crippen LogP contribution in [-0.4, -0.2) is 17.0 Å². The highest BCUT2D eigenvalue weighted by Crippen LogP contribution is 2.31. The third-order valence-corrected chi connectivity index (χ3v) is 4.58. The van der Waals surface area contributed by atoms with Crippen molar-refractivity contribution in [3.63, 3.8) is 0 Å². The Balaban J connectivity index is 1.79. The molecule has 1 radical (unpaired) electrons. The summed E-state index contributed by atoms with van der Waals surface area (Å²) in [5.74, 6) is 3.31. The minimum absolute atomic E-state index is 0.407. The lowest BCUT2D eigenvalue weighted by Crippen LogP contribution is -2.24. The van der Waals surface area contributed by atoms with E-state index in [1.54, 1.807) is 0 Å². The third kappa shape index (κ3) is 3.10. The number of aromatic nitrogens is 2. The molecule has 0 saturated heterocycles. The highest BCUT2D eigenvalue weighted by Gasteiger charge is 2.17. The summed E-state index contributed by atoms with van der Waals surface area (Å²) in [6, 6.07) is 17.2. The predicted octanol–water partition coefficient (Wildman–Crippen LogP) is 5.13. The van der Waals surface area contributed by atoms with Gasteiger partial charge in [0.05, 0.1) is 5.69 Å². The van der Waals surface area contributed by atoms with Crippen molar-refractivity contribution in [3.8, 4) is 16.8 Å². The van der Waals surface area contributed by atoms with E-state index in [0.29, 0.717) is 5.92 Å². The number of rotatable bonds is 4. The smallest absolute Gasteiger partial charge is 0.286 e. The number of anilines is 1. The van der Waals surface area contributed by atoms with E-state index in [-0.39, 0.29) is 0 Å². The van der Waals surface area contributed by atoms with Gasteiger partial charge in [-0.2, -0.15) is 0 Å². The van der Waals surface area contributed by atoms with Gasteiger partial charge in [0.2, 0.25) is 5.95 Å². The second-order valence-electron chi connectivity index (χ2n) is 6.67. The summed E-state index contributed by atoms with van der Waals surface area (Å²) in [6.45, 7) is 4.47. The first kappa shape index (κ1) is 16.5. The molecule has 1 aliphatic heterocycles. The fourth-order valence-corrected chi connectivity index (χ4v) is 3.25. The van der Waals surface area contributed by atoms with Crippen molar-refractivity contribution in [2.24, 2.45) is 0 Å². The lowest BCUT2D eigenvalue weighted by atomic mass is 9.89. The quantitative estimate of drug-likeness (QED) is 0.615. The van der Waals surface area contributed by atoms with Gasteiger partial charge in [0.25, 0.3) is 7.41 Å². The lowest BCUT2D eigenvalue weighted by molar-refractivity contribution is 0.846. The molecule has 127 valence electrons.